The van der Waals surface area contributed by atoms with E-state index in [1.165, 1.54) is 0 Å². The third kappa shape index (κ3) is 6.40. The van der Waals surface area contributed by atoms with Gasteiger partial charge in [0.25, 0.3) is 10.2 Å². The number of aryl methyl sites for hydroxylation is 2. The lowest BCUT2D eigenvalue weighted by atomic mass is 10.1. The third-order valence-corrected chi connectivity index (χ3v) is 4.53. The molecule has 3 aromatic rings. The van der Waals surface area contributed by atoms with E-state index in [4.69, 9.17) is 9.56 Å². The lowest BCUT2D eigenvalue weighted by Crippen LogP contribution is -2.24. The van der Waals surface area contributed by atoms with Crippen molar-refractivity contribution < 1.29 is 17.6 Å². The van der Waals surface area contributed by atoms with Crippen molar-refractivity contribution in [3.05, 3.63) is 65.5 Å². The topological polar surface area (TPSA) is 140 Å². The van der Waals surface area contributed by atoms with Gasteiger partial charge in [0.15, 0.2) is 0 Å². The van der Waals surface area contributed by atoms with E-state index in [0.717, 1.165) is 16.7 Å². The Morgan fingerprint density at radius 3 is 2.62 bits per heavy atom. The predicted molar refractivity (Wildman–Crippen MR) is 108 cm³/mol. The fourth-order valence-corrected chi connectivity index (χ4v) is 3.04. The maximum atomic E-state index is 12.1. The molecule has 0 unspecified atom stereocenters. The van der Waals surface area contributed by atoms with Gasteiger partial charge in [-0.1, -0.05) is 29.8 Å². The summed E-state index contributed by atoms with van der Waals surface area (Å²) in [7, 11) is -3.85. The Kier molecular flexibility index (Phi) is 6.25. The number of hydrogen-bond donors (Lipinski definition) is 3. The lowest BCUT2D eigenvalue weighted by Gasteiger charge is -2.07. The molecule has 0 saturated carbocycles. The van der Waals surface area contributed by atoms with Crippen LogP contribution in [0.3, 0.4) is 0 Å². The van der Waals surface area contributed by atoms with E-state index >= 15 is 0 Å². The van der Waals surface area contributed by atoms with Crippen LogP contribution in [-0.2, 0) is 28.0 Å². The van der Waals surface area contributed by atoms with Gasteiger partial charge < -0.3 is 9.73 Å². The third-order valence-electron chi connectivity index (χ3n) is 4.01. The number of amides is 1. The van der Waals surface area contributed by atoms with Crippen LogP contribution >= 0.6 is 0 Å². The summed E-state index contributed by atoms with van der Waals surface area (Å²) >= 11 is 0. The van der Waals surface area contributed by atoms with Gasteiger partial charge >= 0.3 is 0 Å². The summed E-state index contributed by atoms with van der Waals surface area (Å²) in [5.41, 5.74) is 3.02. The largest absolute Gasteiger partial charge is 0.421 e. The summed E-state index contributed by atoms with van der Waals surface area (Å²) in [4.78, 5) is 12.1. The zero-order valence-corrected chi connectivity index (χ0v) is 16.6. The van der Waals surface area contributed by atoms with E-state index in [0.29, 0.717) is 23.9 Å². The van der Waals surface area contributed by atoms with Gasteiger partial charge in [0.2, 0.25) is 17.7 Å². The SMILES string of the molecule is Cc1ccc(-c2nnc(CCC(=O)NCc3cccc(NS(N)(=O)=O)c3)o2)cc1. The standard InChI is InChI=1S/C19H21N5O4S/c1-13-5-7-15(8-6-13)19-23-22-18(28-19)10-9-17(25)21-12-14-3-2-4-16(11-14)24-29(20,26)27/h2-8,11,24H,9-10,12H2,1H3,(H,21,25)(H2,20,26,27). The number of carbonyl (C=O) groups is 1. The van der Waals surface area contributed by atoms with Crippen molar-refractivity contribution in [2.75, 3.05) is 4.72 Å². The Bertz CT molecular complexity index is 1090. The first kappa shape index (κ1) is 20.5. The van der Waals surface area contributed by atoms with Crippen LogP contribution in [0.25, 0.3) is 11.5 Å². The van der Waals surface area contributed by atoms with Crippen molar-refractivity contribution in [1.82, 2.24) is 15.5 Å². The van der Waals surface area contributed by atoms with E-state index in [9.17, 15) is 13.2 Å². The number of benzene rings is 2. The van der Waals surface area contributed by atoms with Crippen molar-refractivity contribution in [3.63, 3.8) is 0 Å². The number of nitrogens with one attached hydrogen (secondary N) is 2. The second-order valence-corrected chi connectivity index (χ2v) is 7.79. The molecule has 10 heteroatoms. The molecular weight excluding hydrogens is 394 g/mol. The maximum Gasteiger partial charge on any atom is 0.296 e. The molecule has 2 aromatic carbocycles. The molecule has 1 aromatic heterocycles. The molecule has 0 saturated heterocycles. The minimum Gasteiger partial charge on any atom is -0.421 e. The van der Waals surface area contributed by atoms with Crippen LogP contribution < -0.4 is 15.2 Å². The summed E-state index contributed by atoms with van der Waals surface area (Å²) in [6.07, 6.45) is 0.502. The van der Waals surface area contributed by atoms with Gasteiger partial charge in [-0.15, -0.1) is 10.2 Å². The quantitative estimate of drug-likeness (QED) is 0.513. The molecule has 9 nitrogen and oxygen atoms in total. The van der Waals surface area contributed by atoms with E-state index in [-0.39, 0.29) is 18.9 Å². The highest BCUT2D eigenvalue weighted by molar-refractivity contribution is 7.90. The Morgan fingerprint density at radius 1 is 1.14 bits per heavy atom. The molecule has 0 aliphatic rings. The number of nitrogens with two attached hydrogens (primary N) is 1. The number of rotatable bonds is 8. The van der Waals surface area contributed by atoms with Crippen LogP contribution in [-0.4, -0.2) is 24.5 Å². The van der Waals surface area contributed by atoms with Crippen LogP contribution in [0.1, 0.15) is 23.4 Å². The predicted octanol–water partition coefficient (Wildman–Crippen LogP) is 1.91. The Balaban J connectivity index is 1.49. The normalized spacial score (nSPS) is 11.2. The van der Waals surface area contributed by atoms with E-state index in [1.54, 1.807) is 24.3 Å². The minimum absolute atomic E-state index is 0.185. The number of hydrogen-bond acceptors (Lipinski definition) is 6. The molecule has 0 bridgehead atoms. The van der Waals surface area contributed by atoms with Gasteiger partial charge in [0.05, 0.1) is 5.69 Å². The molecule has 152 valence electrons. The average molecular weight is 415 g/mol. The van der Waals surface area contributed by atoms with Gasteiger partial charge in [-0.3, -0.25) is 9.52 Å². The summed E-state index contributed by atoms with van der Waals surface area (Å²) < 4.78 is 30.0. The molecular formula is C19H21N5O4S. The van der Waals surface area contributed by atoms with Crippen LogP contribution in [0.2, 0.25) is 0 Å². The monoisotopic (exact) mass is 415 g/mol. The minimum atomic E-state index is -3.85. The van der Waals surface area contributed by atoms with Gasteiger partial charge in [0, 0.05) is 24.9 Å². The summed E-state index contributed by atoms with van der Waals surface area (Å²) in [6.45, 7) is 2.24. The molecule has 0 aliphatic carbocycles. The first-order valence-corrected chi connectivity index (χ1v) is 10.4. The Hall–Kier alpha value is -3.24. The molecule has 0 aliphatic heterocycles. The molecule has 4 N–H and O–H groups in total. The molecule has 0 fully saturated rings. The number of anilines is 1. The van der Waals surface area contributed by atoms with Gasteiger partial charge in [-0.2, -0.15) is 8.42 Å². The van der Waals surface area contributed by atoms with Crippen LogP contribution in [0.4, 0.5) is 5.69 Å². The molecule has 1 amide bonds. The van der Waals surface area contributed by atoms with Crippen LogP contribution in [0.15, 0.2) is 52.9 Å². The molecule has 0 spiro atoms. The van der Waals surface area contributed by atoms with E-state index < -0.39 is 10.2 Å². The van der Waals surface area contributed by atoms with E-state index in [2.05, 4.69) is 20.2 Å². The molecule has 1 heterocycles. The smallest absolute Gasteiger partial charge is 0.296 e. The second-order valence-electron chi connectivity index (χ2n) is 6.49. The Labute approximate surface area is 168 Å². The molecule has 0 radical (unpaired) electrons. The van der Waals surface area contributed by atoms with Gasteiger partial charge in [0.1, 0.15) is 0 Å². The van der Waals surface area contributed by atoms with Crippen molar-refractivity contribution in [1.29, 1.82) is 0 Å². The van der Waals surface area contributed by atoms with Crippen molar-refractivity contribution in [2.45, 2.75) is 26.3 Å². The summed E-state index contributed by atoms with van der Waals surface area (Å²) in [5.74, 6) is 0.611. The zero-order chi connectivity index (χ0) is 20.9. The second kappa shape index (κ2) is 8.84. The van der Waals surface area contributed by atoms with Gasteiger partial charge in [-0.25, -0.2) is 5.14 Å². The van der Waals surface area contributed by atoms with Crippen molar-refractivity contribution in [3.8, 4) is 11.5 Å². The van der Waals surface area contributed by atoms with Crippen molar-refractivity contribution >= 4 is 21.8 Å². The van der Waals surface area contributed by atoms with Crippen LogP contribution in [0, 0.1) is 6.92 Å². The lowest BCUT2D eigenvalue weighted by molar-refractivity contribution is -0.121. The highest BCUT2D eigenvalue weighted by atomic mass is 32.2. The number of carbonyl (C=O) groups excluding carboxylic acids is 1. The maximum absolute atomic E-state index is 12.1. The van der Waals surface area contributed by atoms with Gasteiger partial charge in [-0.05, 0) is 36.8 Å². The van der Waals surface area contributed by atoms with Crippen LogP contribution in [0.5, 0.6) is 0 Å². The number of nitrogens with zero attached hydrogens (tertiary/aromatic N) is 2. The first-order valence-electron chi connectivity index (χ1n) is 8.84. The molecule has 0 atom stereocenters. The van der Waals surface area contributed by atoms with Crippen molar-refractivity contribution in [2.24, 2.45) is 5.14 Å². The number of aromatic nitrogens is 2. The highest BCUT2D eigenvalue weighted by Crippen LogP contribution is 2.18. The van der Waals surface area contributed by atoms with E-state index in [1.807, 2.05) is 31.2 Å². The fourth-order valence-electron chi connectivity index (χ4n) is 2.59. The fraction of sp³-hybridized carbons (Fsp3) is 0.211. The zero-order valence-electron chi connectivity index (χ0n) is 15.8. The highest BCUT2D eigenvalue weighted by Gasteiger charge is 2.11. The Morgan fingerprint density at radius 2 is 1.90 bits per heavy atom. The molecule has 29 heavy (non-hydrogen) atoms. The summed E-state index contributed by atoms with van der Waals surface area (Å²) in [6, 6.07) is 14.3. The average Bonchev–Trinajstić information content (AvgIpc) is 3.13. The first-order chi connectivity index (χ1) is 13.8. The summed E-state index contributed by atoms with van der Waals surface area (Å²) in [5, 5.41) is 15.7. The molecule has 3 rings (SSSR count).